The first-order valence-corrected chi connectivity index (χ1v) is 6.58. The molecule has 0 heterocycles. The van der Waals surface area contributed by atoms with E-state index in [0.29, 0.717) is 16.9 Å². The Morgan fingerprint density at radius 2 is 1.71 bits per heavy atom. The molecular formula is C15H13ClF2N2O. The number of halogens is 3. The number of nitrogens with one attached hydrogen (secondary N) is 2. The minimum absolute atomic E-state index is 0.0137. The van der Waals surface area contributed by atoms with Gasteiger partial charge in [0.25, 0.3) is 0 Å². The van der Waals surface area contributed by atoms with Crippen molar-refractivity contribution in [2.24, 2.45) is 0 Å². The molecule has 2 rings (SSSR count). The van der Waals surface area contributed by atoms with E-state index in [9.17, 15) is 13.6 Å². The van der Waals surface area contributed by atoms with Gasteiger partial charge in [-0.05, 0) is 48.9 Å². The molecular weight excluding hydrogens is 298 g/mol. The van der Waals surface area contributed by atoms with Crippen LogP contribution in [0.2, 0.25) is 5.02 Å². The molecule has 0 aliphatic rings. The van der Waals surface area contributed by atoms with Gasteiger partial charge in [-0.1, -0.05) is 11.6 Å². The molecule has 2 N–H and O–H groups in total. The maximum Gasteiger partial charge on any atom is 0.243 e. The number of carbonyl (C=O) groups excluding carboxylic acids is 1. The Morgan fingerprint density at radius 1 is 1.10 bits per heavy atom. The Kier molecular flexibility index (Phi) is 4.75. The Hall–Kier alpha value is -2.14. The lowest BCUT2D eigenvalue weighted by Crippen LogP contribution is -2.22. The first kappa shape index (κ1) is 15.3. The van der Waals surface area contributed by atoms with Crippen LogP contribution >= 0.6 is 11.6 Å². The fraction of sp³-hybridized carbons (Fsp3) is 0.133. The van der Waals surface area contributed by atoms with E-state index in [0.717, 1.165) is 6.07 Å². The second-order valence-corrected chi connectivity index (χ2v) is 4.89. The molecule has 0 atom stereocenters. The predicted molar refractivity (Wildman–Crippen MR) is 79.7 cm³/mol. The molecule has 6 heteroatoms. The third kappa shape index (κ3) is 4.16. The number of rotatable bonds is 4. The van der Waals surface area contributed by atoms with Gasteiger partial charge in [0.05, 0.1) is 17.3 Å². The third-order valence-electron chi connectivity index (χ3n) is 2.83. The summed E-state index contributed by atoms with van der Waals surface area (Å²) in [5.74, 6) is -1.15. The molecule has 3 nitrogen and oxygen atoms in total. The van der Waals surface area contributed by atoms with Crippen molar-refractivity contribution >= 4 is 28.9 Å². The molecule has 110 valence electrons. The third-order valence-corrected chi connectivity index (χ3v) is 3.15. The van der Waals surface area contributed by atoms with Crippen molar-refractivity contribution in [2.45, 2.75) is 6.92 Å². The monoisotopic (exact) mass is 310 g/mol. The standard InChI is InChI=1S/C15H13ClF2N2O/c1-9-6-10(17)2-4-13(9)19-8-15(21)20-14-5-3-11(18)7-12(14)16/h2-7,19H,8H2,1H3,(H,20,21). The summed E-state index contributed by atoms with van der Waals surface area (Å²) < 4.78 is 25.8. The second-order valence-electron chi connectivity index (χ2n) is 4.49. The number of aryl methyl sites for hydroxylation is 1. The number of amides is 1. The van der Waals surface area contributed by atoms with Crippen LogP contribution in [-0.4, -0.2) is 12.5 Å². The smallest absolute Gasteiger partial charge is 0.243 e. The normalized spacial score (nSPS) is 10.3. The van der Waals surface area contributed by atoms with E-state index in [1.807, 2.05) is 0 Å². The second kappa shape index (κ2) is 6.54. The summed E-state index contributed by atoms with van der Waals surface area (Å²) >= 11 is 5.82. The van der Waals surface area contributed by atoms with Crippen LogP contribution in [0.15, 0.2) is 36.4 Å². The molecule has 0 saturated heterocycles. The van der Waals surface area contributed by atoms with Crippen LogP contribution in [0.4, 0.5) is 20.2 Å². The highest BCUT2D eigenvalue weighted by molar-refractivity contribution is 6.33. The van der Waals surface area contributed by atoms with E-state index < -0.39 is 5.82 Å². The highest BCUT2D eigenvalue weighted by Crippen LogP contribution is 2.22. The van der Waals surface area contributed by atoms with E-state index >= 15 is 0 Å². The van der Waals surface area contributed by atoms with Gasteiger partial charge in [0.15, 0.2) is 0 Å². The molecule has 2 aromatic carbocycles. The molecule has 0 aliphatic carbocycles. The number of anilines is 2. The average molecular weight is 311 g/mol. The lowest BCUT2D eigenvalue weighted by Gasteiger charge is -2.11. The molecule has 0 radical (unpaired) electrons. The van der Waals surface area contributed by atoms with Gasteiger partial charge >= 0.3 is 0 Å². The summed E-state index contributed by atoms with van der Waals surface area (Å²) in [6, 6.07) is 7.95. The van der Waals surface area contributed by atoms with E-state index in [1.54, 1.807) is 13.0 Å². The molecule has 0 saturated carbocycles. The zero-order chi connectivity index (χ0) is 15.4. The molecule has 0 aromatic heterocycles. The quantitative estimate of drug-likeness (QED) is 0.897. The van der Waals surface area contributed by atoms with E-state index in [4.69, 9.17) is 11.6 Å². The largest absolute Gasteiger partial charge is 0.376 e. The summed E-state index contributed by atoms with van der Waals surface area (Å²) in [5.41, 5.74) is 1.69. The van der Waals surface area contributed by atoms with Crippen LogP contribution in [-0.2, 0) is 4.79 Å². The fourth-order valence-electron chi connectivity index (χ4n) is 1.79. The zero-order valence-corrected chi connectivity index (χ0v) is 12.0. The average Bonchev–Trinajstić information content (AvgIpc) is 2.41. The summed E-state index contributed by atoms with van der Waals surface area (Å²) in [7, 11) is 0. The van der Waals surface area contributed by atoms with Crippen molar-refractivity contribution in [1.29, 1.82) is 0 Å². The van der Waals surface area contributed by atoms with Gasteiger partial charge in [0.2, 0.25) is 5.91 Å². The molecule has 21 heavy (non-hydrogen) atoms. The number of benzene rings is 2. The Morgan fingerprint density at radius 3 is 2.33 bits per heavy atom. The first-order valence-electron chi connectivity index (χ1n) is 6.20. The molecule has 0 fully saturated rings. The Labute approximate surface area is 125 Å². The van der Waals surface area contributed by atoms with Crippen LogP contribution in [0, 0.1) is 18.6 Å². The summed E-state index contributed by atoms with van der Waals surface area (Å²) in [5, 5.41) is 5.59. The van der Waals surface area contributed by atoms with Gasteiger partial charge < -0.3 is 10.6 Å². The Balaban J connectivity index is 1.96. The van der Waals surface area contributed by atoms with Crippen LogP contribution in [0.1, 0.15) is 5.56 Å². The topological polar surface area (TPSA) is 41.1 Å². The molecule has 0 bridgehead atoms. The van der Waals surface area contributed by atoms with Gasteiger partial charge in [-0.25, -0.2) is 8.78 Å². The Bertz CT molecular complexity index is 677. The lowest BCUT2D eigenvalue weighted by molar-refractivity contribution is -0.114. The lowest BCUT2D eigenvalue weighted by atomic mass is 10.2. The van der Waals surface area contributed by atoms with Crippen LogP contribution in [0.25, 0.3) is 0 Å². The molecule has 0 unspecified atom stereocenters. The molecule has 0 spiro atoms. The molecule has 2 aromatic rings. The maximum absolute atomic E-state index is 13.0. The van der Waals surface area contributed by atoms with Crippen molar-refractivity contribution in [3.05, 3.63) is 58.6 Å². The summed E-state index contributed by atoms with van der Waals surface area (Å²) in [6.45, 7) is 1.72. The van der Waals surface area contributed by atoms with E-state index in [2.05, 4.69) is 10.6 Å². The minimum atomic E-state index is -0.474. The van der Waals surface area contributed by atoms with Gasteiger partial charge in [0, 0.05) is 5.69 Å². The molecule has 0 aliphatic heterocycles. The first-order chi connectivity index (χ1) is 9.95. The number of hydrogen-bond acceptors (Lipinski definition) is 2. The van der Waals surface area contributed by atoms with Gasteiger partial charge in [-0.3, -0.25) is 4.79 Å². The van der Waals surface area contributed by atoms with Gasteiger partial charge in [-0.2, -0.15) is 0 Å². The minimum Gasteiger partial charge on any atom is -0.376 e. The van der Waals surface area contributed by atoms with Gasteiger partial charge in [-0.15, -0.1) is 0 Å². The van der Waals surface area contributed by atoms with Crippen molar-refractivity contribution in [2.75, 3.05) is 17.2 Å². The zero-order valence-electron chi connectivity index (χ0n) is 11.2. The van der Waals surface area contributed by atoms with Crippen LogP contribution < -0.4 is 10.6 Å². The predicted octanol–water partition coefficient (Wildman–Crippen LogP) is 3.98. The van der Waals surface area contributed by atoms with E-state index in [1.165, 1.54) is 24.3 Å². The van der Waals surface area contributed by atoms with Crippen LogP contribution in [0.3, 0.4) is 0 Å². The highest BCUT2D eigenvalue weighted by Gasteiger charge is 2.07. The summed E-state index contributed by atoms with van der Waals surface area (Å²) in [4.78, 5) is 11.8. The van der Waals surface area contributed by atoms with Gasteiger partial charge in [0.1, 0.15) is 11.6 Å². The van der Waals surface area contributed by atoms with Crippen LogP contribution in [0.5, 0.6) is 0 Å². The maximum atomic E-state index is 13.0. The van der Waals surface area contributed by atoms with Crippen molar-refractivity contribution < 1.29 is 13.6 Å². The van der Waals surface area contributed by atoms with E-state index in [-0.39, 0.29) is 23.3 Å². The highest BCUT2D eigenvalue weighted by atomic mass is 35.5. The van der Waals surface area contributed by atoms with Crippen molar-refractivity contribution in [1.82, 2.24) is 0 Å². The van der Waals surface area contributed by atoms with Crippen molar-refractivity contribution in [3.8, 4) is 0 Å². The molecule has 1 amide bonds. The fourth-order valence-corrected chi connectivity index (χ4v) is 2.00. The SMILES string of the molecule is Cc1cc(F)ccc1NCC(=O)Nc1ccc(F)cc1Cl. The summed E-state index contributed by atoms with van der Waals surface area (Å²) in [6.07, 6.45) is 0. The number of carbonyl (C=O) groups is 1. The van der Waals surface area contributed by atoms with Crippen molar-refractivity contribution in [3.63, 3.8) is 0 Å². The number of hydrogen-bond donors (Lipinski definition) is 2.